The van der Waals surface area contributed by atoms with Crippen LogP contribution in [0.25, 0.3) is 0 Å². The molecule has 0 unspecified atom stereocenters. The molecule has 7 heteroatoms. The zero-order valence-electron chi connectivity index (χ0n) is 17.8. The minimum atomic E-state index is -0.441. The molecule has 0 heterocycles. The van der Waals surface area contributed by atoms with Gasteiger partial charge < -0.3 is 20.1 Å². The van der Waals surface area contributed by atoms with Crippen LogP contribution in [0, 0.1) is 5.41 Å². The highest BCUT2D eigenvalue weighted by atomic mass is 16.5. The Morgan fingerprint density at radius 2 is 1.43 bits per heavy atom. The Labute approximate surface area is 176 Å². The van der Waals surface area contributed by atoms with Gasteiger partial charge in [0.25, 0.3) is 11.8 Å². The van der Waals surface area contributed by atoms with Gasteiger partial charge in [0, 0.05) is 16.9 Å². The lowest BCUT2D eigenvalue weighted by atomic mass is 9.92. The summed E-state index contributed by atoms with van der Waals surface area (Å²) in [6.45, 7) is 7.88. The summed E-state index contributed by atoms with van der Waals surface area (Å²) in [5.74, 6) is -0.393. The maximum absolute atomic E-state index is 12.4. The quantitative estimate of drug-likeness (QED) is 0.632. The number of anilines is 2. The number of esters is 1. The lowest BCUT2D eigenvalue weighted by Crippen LogP contribution is -2.23. The van der Waals surface area contributed by atoms with Gasteiger partial charge in [0.2, 0.25) is 0 Å². The van der Waals surface area contributed by atoms with E-state index in [1.807, 2.05) is 27.7 Å². The summed E-state index contributed by atoms with van der Waals surface area (Å²) in [5.41, 5.74) is 1.40. The first-order chi connectivity index (χ1) is 14.2. The summed E-state index contributed by atoms with van der Waals surface area (Å²) in [7, 11) is 0. The Bertz CT molecular complexity index is 868. The Morgan fingerprint density at radius 1 is 0.867 bits per heavy atom. The molecule has 2 rings (SSSR count). The van der Waals surface area contributed by atoms with E-state index in [1.54, 1.807) is 48.5 Å². The van der Waals surface area contributed by atoms with Crippen molar-refractivity contribution in [1.29, 1.82) is 0 Å². The highest BCUT2D eigenvalue weighted by Crippen LogP contribution is 2.19. The molecule has 0 saturated heterocycles. The molecule has 7 nitrogen and oxygen atoms in total. The molecule has 30 heavy (non-hydrogen) atoms. The Balaban J connectivity index is 1.84. The fourth-order valence-corrected chi connectivity index (χ4v) is 2.54. The fraction of sp³-hybridized carbons (Fsp3) is 0.348. The zero-order chi connectivity index (χ0) is 22.1. The zero-order valence-corrected chi connectivity index (χ0v) is 17.8. The van der Waals surface area contributed by atoms with Crippen LogP contribution in [0.2, 0.25) is 0 Å². The van der Waals surface area contributed by atoms with Crippen LogP contribution in [0.1, 0.15) is 44.5 Å². The van der Waals surface area contributed by atoms with Crippen molar-refractivity contribution in [2.75, 3.05) is 23.8 Å². The average Bonchev–Trinajstić information content (AvgIpc) is 2.67. The fourth-order valence-electron chi connectivity index (χ4n) is 2.54. The van der Waals surface area contributed by atoms with E-state index in [2.05, 4.69) is 10.6 Å². The van der Waals surface area contributed by atoms with Gasteiger partial charge in [0.15, 0.2) is 6.61 Å². The molecule has 0 aromatic heterocycles. The van der Waals surface area contributed by atoms with Crippen LogP contribution in [0.5, 0.6) is 5.75 Å². The first-order valence-corrected chi connectivity index (χ1v) is 9.76. The number of hydrogen-bond donors (Lipinski definition) is 2. The van der Waals surface area contributed by atoms with Gasteiger partial charge >= 0.3 is 5.97 Å². The van der Waals surface area contributed by atoms with E-state index in [4.69, 9.17) is 9.47 Å². The number of nitrogens with one attached hydrogen (secondary N) is 2. The number of carbonyl (C=O) groups excluding carboxylic acids is 3. The Morgan fingerprint density at radius 3 is 2.00 bits per heavy atom. The van der Waals surface area contributed by atoms with Crippen molar-refractivity contribution < 1.29 is 23.9 Å². The number of carbonyl (C=O) groups is 3. The lowest BCUT2D eigenvalue weighted by Gasteiger charge is -2.16. The molecule has 2 amide bonds. The monoisotopic (exact) mass is 412 g/mol. The first-order valence-electron chi connectivity index (χ1n) is 9.76. The van der Waals surface area contributed by atoms with Gasteiger partial charge in [0.05, 0.1) is 13.0 Å². The second kappa shape index (κ2) is 10.4. The third-order valence-corrected chi connectivity index (χ3v) is 3.89. The molecule has 0 fully saturated rings. The standard InChI is InChI=1S/C23H28N2O5/c1-5-29-19-12-10-18(11-13-19)25-22(28)16-6-8-17(9-7-16)24-20(26)15-30-21(27)14-23(2,3)4/h6-13H,5,14-15H2,1-4H3,(H,24,26)(H,25,28). The predicted octanol–water partition coefficient (Wildman–Crippen LogP) is 4.26. The third-order valence-electron chi connectivity index (χ3n) is 3.89. The summed E-state index contributed by atoms with van der Waals surface area (Å²) in [6.07, 6.45) is 0.235. The minimum absolute atomic E-state index is 0.199. The van der Waals surface area contributed by atoms with Gasteiger partial charge in [0.1, 0.15) is 5.75 Å². The van der Waals surface area contributed by atoms with Gasteiger partial charge in [-0.3, -0.25) is 14.4 Å². The number of hydrogen-bond acceptors (Lipinski definition) is 5. The SMILES string of the molecule is CCOc1ccc(NC(=O)c2ccc(NC(=O)COC(=O)CC(C)(C)C)cc2)cc1. The third kappa shape index (κ3) is 7.95. The van der Waals surface area contributed by atoms with E-state index in [0.29, 0.717) is 23.5 Å². The molecule has 0 atom stereocenters. The summed E-state index contributed by atoms with van der Waals surface area (Å²) in [4.78, 5) is 36.0. The molecule has 2 aromatic carbocycles. The minimum Gasteiger partial charge on any atom is -0.494 e. The van der Waals surface area contributed by atoms with E-state index >= 15 is 0 Å². The van der Waals surface area contributed by atoms with Crippen molar-refractivity contribution in [2.24, 2.45) is 5.41 Å². The molecule has 0 saturated carbocycles. The highest BCUT2D eigenvalue weighted by molar-refractivity contribution is 6.04. The summed E-state index contributed by atoms with van der Waals surface area (Å²) in [6, 6.07) is 13.5. The van der Waals surface area contributed by atoms with E-state index in [0.717, 1.165) is 5.75 Å². The summed E-state index contributed by atoms with van der Waals surface area (Å²) in [5, 5.41) is 5.43. The molecule has 2 N–H and O–H groups in total. The van der Waals surface area contributed by atoms with Crippen LogP contribution in [0.15, 0.2) is 48.5 Å². The molecule has 160 valence electrons. The van der Waals surface area contributed by atoms with Crippen molar-refractivity contribution in [3.8, 4) is 5.75 Å². The van der Waals surface area contributed by atoms with Crippen LogP contribution in [-0.2, 0) is 14.3 Å². The van der Waals surface area contributed by atoms with Crippen molar-refractivity contribution in [1.82, 2.24) is 0 Å². The highest BCUT2D eigenvalue weighted by Gasteiger charge is 2.18. The number of rotatable bonds is 8. The summed E-state index contributed by atoms with van der Waals surface area (Å²) >= 11 is 0. The van der Waals surface area contributed by atoms with Gasteiger partial charge in [-0.1, -0.05) is 20.8 Å². The van der Waals surface area contributed by atoms with Crippen LogP contribution in [0.4, 0.5) is 11.4 Å². The number of ether oxygens (including phenoxy) is 2. The van der Waals surface area contributed by atoms with E-state index in [1.165, 1.54) is 0 Å². The normalized spacial score (nSPS) is 10.8. The Hall–Kier alpha value is -3.35. The van der Waals surface area contributed by atoms with Crippen LogP contribution < -0.4 is 15.4 Å². The maximum Gasteiger partial charge on any atom is 0.306 e. The second-order valence-electron chi connectivity index (χ2n) is 7.94. The molecule has 0 aliphatic carbocycles. The Kier molecular flexibility index (Phi) is 7.98. The van der Waals surface area contributed by atoms with E-state index in [9.17, 15) is 14.4 Å². The van der Waals surface area contributed by atoms with Crippen molar-refractivity contribution >= 4 is 29.2 Å². The number of amides is 2. The first kappa shape index (κ1) is 22.9. The maximum atomic E-state index is 12.4. The molecular formula is C23H28N2O5. The van der Waals surface area contributed by atoms with Crippen molar-refractivity contribution in [2.45, 2.75) is 34.1 Å². The van der Waals surface area contributed by atoms with E-state index in [-0.39, 0.29) is 24.3 Å². The van der Waals surface area contributed by atoms with Crippen LogP contribution in [0.3, 0.4) is 0 Å². The molecule has 0 aliphatic rings. The van der Waals surface area contributed by atoms with E-state index < -0.39 is 11.9 Å². The topological polar surface area (TPSA) is 93.7 Å². The van der Waals surface area contributed by atoms with Gasteiger partial charge in [-0.2, -0.15) is 0 Å². The van der Waals surface area contributed by atoms with Gasteiger partial charge in [-0.25, -0.2) is 0 Å². The largest absolute Gasteiger partial charge is 0.494 e. The van der Waals surface area contributed by atoms with Crippen LogP contribution in [-0.4, -0.2) is 31.0 Å². The van der Waals surface area contributed by atoms with Gasteiger partial charge in [-0.15, -0.1) is 0 Å². The lowest BCUT2D eigenvalue weighted by molar-refractivity contribution is -0.149. The van der Waals surface area contributed by atoms with Crippen molar-refractivity contribution in [3.05, 3.63) is 54.1 Å². The molecule has 2 aromatic rings. The van der Waals surface area contributed by atoms with Crippen LogP contribution >= 0.6 is 0 Å². The molecule has 0 spiro atoms. The van der Waals surface area contributed by atoms with Crippen molar-refractivity contribution in [3.63, 3.8) is 0 Å². The molecular weight excluding hydrogens is 384 g/mol. The predicted molar refractivity (Wildman–Crippen MR) is 116 cm³/mol. The average molecular weight is 412 g/mol. The molecule has 0 bridgehead atoms. The summed E-state index contributed by atoms with van der Waals surface area (Å²) < 4.78 is 10.4. The smallest absolute Gasteiger partial charge is 0.306 e. The molecule has 0 aliphatic heterocycles. The number of benzene rings is 2. The van der Waals surface area contributed by atoms with Gasteiger partial charge in [-0.05, 0) is 60.9 Å². The second-order valence-corrected chi connectivity index (χ2v) is 7.94. The molecule has 0 radical (unpaired) electrons.